The average Bonchev–Trinajstić information content (AvgIpc) is 3.53. The largest absolute Gasteiger partial charge is 0.444 e. The minimum Gasteiger partial charge on any atom is -0.444 e. The van der Waals surface area contributed by atoms with E-state index in [-0.39, 0.29) is 11.8 Å². The number of amides is 2. The smallest absolute Gasteiger partial charge is 0.407 e. The van der Waals surface area contributed by atoms with Crippen LogP contribution in [0.4, 0.5) is 10.5 Å². The van der Waals surface area contributed by atoms with Crippen LogP contribution < -0.4 is 15.5 Å². The molecule has 1 unspecified atom stereocenters. The molecule has 4 aromatic rings. The maximum Gasteiger partial charge on any atom is 0.407 e. The maximum atomic E-state index is 12.9. The van der Waals surface area contributed by atoms with Crippen molar-refractivity contribution in [2.45, 2.75) is 33.3 Å². The Labute approximate surface area is 226 Å². The van der Waals surface area contributed by atoms with Gasteiger partial charge in [0.2, 0.25) is 0 Å². The van der Waals surface area contributed by atoms with Gasteiger partial charge in [-0.25, -0.2) is 9.78 Å². The number of ether oxygens (including phenoxy) is 2. The Morgan fingerprint density at radius 3 is 2.62 bits per heavy atom. The third-order valence-electron chi connectivity index (χ3n) is 6.50. The summed E-state index contributed by atoms with van der Waals surface area (Å²) in [4.78, 5) is 35.3. The molecule has 0 bridgehead atoms. The first-order valence-corrected chi connectivity index (χ1v) is 13.2. The number of alkyl carbamates (subject to hydrolysis) is 1. The molecule has 2 aromatic heterocycles. The number of anilines is 1. The molecular formula is C28H35N7O4. The van der Waals surface area contributed by atoms with Crippen molar-refractivity contribution in [1.29, 1.82) is 0 Å². The lowest BCUT2D eigenvalue weighted by molar-refractivity contribution is 0.0520. The van der Waals surface area contributed by atoms with Crippen molar-refractivity contribution in [1.82, 2.24) is 30.8 Å². The number of nitrogens with one attached hydrogen (secondary N) is 4. The van der Waals surface area contributed by atoms with Gasteiger partial charge < -0.3 is 30.0 Å². The summed E-state index contributed by atoms with van der Waals surface area (Å²) < 4.78 is 10.7. The molecule has 206 valence electrons. The Hall–Kier alpha value is -4.12. The molecule has 0 saturated carbocycles. The summed E-state index contributed by atoms with van der Waals surface area (Å²) in [6, 6.07) is 11.6. The molecule has 2 aromatic carbocycles. The Bertz CT molecular complexity index is 1480. The number of hydrogen-bond acceptors (Lipinski definition) is 7. The van der Waals surface area contributed by atoms with E-state index >= 15 is 0 Å². The lowest BCUT2D eigenvalue weighted by Crippen LogP contribution is -2.38. The van der Waals surface area contributed by atoms with Crippen molar-refractivity contribution < 1.29 is 19.1 Å². The van der Waals surface area contributed by atoms with Crippen LogP contribution in [-0.4, -0.2) is 77.2 Å². The quantitative estimate of drug-likeness (QED) is 0.283. The Kier molecular flexibility index (Phi) is 7.42. The van der Waals surface area contributed by atoms with E-state index in [0.29, 0.717) is 30.2 Å². The number of benzene rings is 2. The molecule has 0 spiro atoms. The van der Waals surface area contributed by atoms with E-state index in [2.05, 4.69) is 42.8 Å². The number of morpholine rings is 1. The summed E-state index contributed by atoms with van der Waals surface area (Å²) in [5.41, 5.74) is 4.32. The zero-order valence-electron chi connectivity index (χ0n) is 22.8. The number of carbonyl (C=O) groups excluding carboxylic acids is 2. The number of hydrogen-bond donors (Lipinski definition) is 4. The van der Waals surface area contributed by atoms with E-state index < -0.39 is 11.7 Å². The molecule has 11 nitrogen and oxygen atoms in total. The zero-order valence-corrected chi connectivity index (χ0v) is 22.8. The van der Waals surface area contributed by atoms with E-state index in [9.17, 15) is 9.59 Å². The molecule has 39 heavy (non-hydrogen) atoms. The lowest BCUT2D eigenvalue weighted by Gasteiger charge is -2.28. The number of rotatable bonds is 7. The van der Waals surface area contributed by atoms with Crippen LogP contribution in [-0.2, 0) is 9.47 Å². The zero-order chi connectivity index (χ0) is 27.6. The number of carbonyl (C=O) groups is 2. The van der Waals surface area contributed by atoms with Gasteiger partial charge in [-0.15, -0.1) is 0 Å². The summed E-state index contributed by atoms with van der Waals surface area (Å²) in [7, 11) is 0. The topological polar surface area (TPSA) is 137 Å². The fraction of sp³-hybridized carbons (Fsp3) is 0.429. The van der Waals surface area contributed by atoms with Crippen molar-refractivity contribution in [2.24, 2.45) is 5.92 Å². The number of H-pyrrole nitrogens is 2. The van der Waals surface area contributed by atoms with Gasteiger partial charge in [0.25, 0.3) is 5.91 Å². The maximum absolute atomic E-state index is 12.9. The highest BCUT2D eigenvalue weighted by atomic mass is 16.6. The summed E-state index contributed by atoms with van der Waals surface area (Å²) in [6.07, 6.45) is -0.471. The van der Waals surface area contributed by atoms with Crippen LogP contribution in [0.15, 0.2) is 36.4 Å². The van der Waals surface area contributed by atoms with Crippen molar-refractivity contribution >= 4 is 39.6 Å². The first kappa shape index (κ1) is 26.5. The van der Waals surface area contributed by atoms with Crippen LogP contribution in [0.3, 0.4) is 0 Å². The second-order valence-corrected chi connectivity index (χ2v) is 10.9. The molecule has 5 rings (SSSR count). The monoisotopic (exact) mass is 533 g/mol. The number of aromatic nitrogens is 4. The molecule has 1 atom stereocenters. The Morgan fingerprint density at radius 1 is 1.08 bits per heavy atom. The second-order valence-electron chi connectivity index (χ2n) is 10.9. The van der Waals surface area contributed by atoms with Gasteiger partial charge in [-0.3, -0.25) is 9.89 Å². The van der Waals surface area contributed by atoms with Crippen LogP contribution in [0.25, 0.3) is 33.5 Å². The first-order valence-electron chi connectivity index (χ1n) is 13.2. The van der Waals surface area contributed by atoms with Crippen molar-refractivity contribution in [2.75, 3.05) is 44.3 Å². The van der Waals surface area contributed by atoms with Crippen molar-refractivity contribution in [3.05, 3.63) is 42.0 Å². The summed E-state index contributed by atoms with van der Waals surface area (Å²) >= 11 is 0. The Balaban J connectivity index is 1.26. The predicted molar refractivity (Wildman–Crippen MR) is 150 cm³/mol. The van der Waals surface area contributed by atoms with Gasteiger partial charge in [0.05, 0.1) is 29.8 Å². The number of aromatic amines is 2. The third-order valence-corrected chi connectivity index (χ3v) is 6.50. The van der Waals surface area contributed by atoms with Gasteiger partial charge in [0.15, 0.2) is 5.82 Å². The minimum absolute atomic E-state index is 0.0209. The number of nitrogens with zero attached hydrogens (tertiary/aromatic N) is 3. The third kappa shape index (κ3) is 6.31. The van der Waals surface area contributed by atoms with Crippen LogP contribution in [0.2, 0.25) is 0 Å². The van der Waals surface area contributed by atoms with Crippen LogP contribution in [0, 0.1) is 5.92 Å². The van der Waals surface area contributed by atoms with Gasteiger partial charge in [0, 0.05) is 42.8 Å². The SMILES string of the molecule is CC(CNC(=O)OC(C)(C)C)CNC(=O)c1ccc2[nH]nc(-c3nc4ccc(N5CCOCC5)cc4[nH]3)c2c1. The highest BCUT2D eigenvalue weighted by Gasteiger charge is 2.19. The lowest BCUT2D eigenvalue weighted by atomic mass is 10.1. The molecule has 4 N–H and O–H groups in total. The minimum atomic E-state index is -0.555. The van der Waals surface area contributed by atoms with Crippen LogP contribution in [0.5, 0.6) is 0 Å². The van der Waals surface area contributed by atoms with Crippen molar-refractivity contribution in [3.63, 3.8) is 0 Å². The fourth-order valence-electron chi connectivity index (χ4n) is 4.48. The molecular weight excluding hydrogens is 498 g/mol. The number of imidazole rings is 1. The van der Waals surface area contributed by atoms with Gasteiger partial charge in [0.1, 0.15) is 11.3 Å². The molecule has 0 aliphatic carbocycles. The molecule has 3 heterocycles. The summed E-state index contributed by atoms with van der Waals surface area (Å²) in [5.74, 6) is 0.454. The Morgan fingerprint density at radius 2 is 1.85 bits per heavy atom. The average molecular weight is 534 g/mol. The van der Waals surface area contributed by atoms with Gasteiger partial charge >= 0.3 is 6.09 Å². The van der Waals surface area contributed by atoms with E-state index in [1.807, 2.05) is 45.9 Å². The van der Waals surface area contributed by atoms with Gasteiger partial charge in [-0.05, 0) is 63.1 Å². The molecule has 1 fully saturated rings. The summed E-state index contributed by atoms with van der Waals surface area (Å²) in [6.45, 7) is 11.4. The van der Waals surface area contributed by atoms with Gasteiger partial charge in [-0.2, -0.15) is 5.10 Å². The van der Waals surface area contributed by atoms with E-state index in [1.165, 1.54) is 0 Å². The van der Waals surface area contributed by atoms with E-state index in [1.54, 1.807) is 6.07 Å². The predicted octanol–water partition coefficient (Wildman–Crippen LogP) is 3.83. The highest BCUT2D eigenvalue weighted by Crippen LogP contribution is 2.29. The van der Waals surface area contributed by atoms with Crippen LogP contribution in [0.1, 0.15) is 38.1 Å². The van der Waals surface area contributed by atoms with E-state index in [4.69, 9.17) is 14.5 Å². The molecule has 1 aliphatic rings. The summed E-state index contributed by atoms with van der Waals surface area (Å²) in [5, 5.41) is 14.0. The molecule has 1 saturated heterocycles. The highest BCUT2D eigenvalue weighted by molar-refractivity contribution is 6.01. The molecule has 1 aliphatic heterocycles. The second kappa shape index (κ2) is 10.9. The molecule has 2 amide bonds. The molecule has 11 heteroatoms. The first-order chi connectivity index (χ1) is 18.7. The fourth-order valence-corrected chi connectivity index (χ4v) is 4.48. The standard InChI is InChI=1S/C28H35N7O4/c1-17(16-30-27(37)39-28(2,3)4)15-29-26(36)18-5-7-21-20(13-18)24(34-33-21)25-31-22-8-6-19(14-23(22)32-25)35-9-11-38-12-10-35/h5-8,13-14,17H,9-12,15-16H2,1-4H3,(H,29,36)(H,30,37)(H,31,32)(H,33,34). The van der Waals surface area contributed by atoms with Crippen LogP contribution >= 0.6 is 0 Å². The van der Waals surface area contributed by atoms with Crippen molar-refractivity contribution in [3.8, 4) is 11.5 Å². The molecule has 0 radical (unpaired) electrons. The van der Waals surface area contributed by atoms with Gasteiger partial charge in [-0.1, -0.05) is 6.92 Å². The normalized spacial score (nSPS) is 14.9. The number of fused-ring (bicyclic) bond motifs is 2. The van der Waals surface area contributed by atoms with E-state index in [0.717, 1.165) is 53.9 Å².